The summed E-state index contributed by atoms with van der Waals surface area (Å²) in [5.41, 5.74) is 0. The number of esters is 3. The van der Waals surface area contributed by atoms with Gasteiger partial charge in [0.15, 0.2) is 6.10 Å². The highest BCUT2D eigenvalue weighted by Gasteiger charge is 2.19. The lowest BCUT2D eigenvalue weighted by Crippen LogP contribution is -2.30. The molecule has 0 fully saturated rings. The minimum Gasteiger partial charge on any atom is -0.462 e. The molecule has 0 unspecified atom stereocenters. The minimum atomic E-state index is -0.782. The van der Waals surface area contributed by atoms with Crippen molar-refractivity contribution >= 4 is 17.9 Å². The molecule has 0 bridgehead atoms. The van der Waals surface area contributed by atoms with E-state index in [0.717, 1.165) is 77.0 Å². The van der Waals surface area contributed by atoms with Gasteiger partial charge in [-0.1, -0.05) is 236 Å². The maximum atomic E-state index is 12.9. The summed E-state index contributed by atoms with van der Waals surface area (Å²) in [7, 11) is 0. The van der Waals surface area contributed by atoms with E-state index in [1.54, 1.807) is 0 Å². The monoisotopic (exact) mass is 953 g/mol. The Morgan fingerprint density at radius 2 is 0.529 bits per heavy atom. The smallest absolute Gasteiger partial charge is 0.306 e. The Hall–Kier alpha value is -2.63. The van der Waals surface area contributed by atoms with Gasteiger partial charge in [0.1, 0.15) is 13.2 Å². The number of carbonyl (C=O) groups excluding carboxylic acids is 3. The fraction of sp³-hybridized carbons (Fsp3) is 0.823. The summed E-state index contributed by atoms with van der Waals surface area (Å²) in [6.45, 7) is 6.63. The highest BCUT2D eigenvalue weighted by molar-refractivity contribution is 5.71. The first kappa shape index (κ1) is 65.4. The molecule has 0 saturated carbocycles. The van der Waals surface area contributed by atoms with Crippen LogP contribution in [0.2, 0.25) is 0 Å². The molecule has 0 aromatic rings. The number of carbonyl (C=O) groups is 3. The minimum absolute atomic E-state index is 0.0801. The second kappa shape index (κ2) is 57.0. The van der Waals surface area contributed by atoms with Crippen molar-refractivity contribution in [1.82, 2.24) is 0 Å². The van der Waals surface area contributed by atoms with Crippen molar-refractivity contribution in [2.45, 2.75) is 316 Å². The van der Waals surface area contributed by atoms with Crippen molar-refractivity contribution in [2.75, 3.05) is 13.2 Å². The molecule has 68 heavy (non-hydrogen) atoms. The summed E-state index contributed by atoms with van der Waals surface area (Å²) in [5, 5.41) is 0. The Bertz CT molecular complexity index is 1190. The number of hydrogen-bond donors (Lipinski definition) is 0. The molecule has 0 heterocycles. The van der Waals surface area contributed by atoms with E-state index in [1.165, 1.54) is 193 Å². The predicted molar refractivity (Wildman–Crippen MR) is 293 cm³/mol. The lowest BCUT2D eigenvalue weighted by molar-refractivity contribution is -0.167. The van der Waals surface area contributed by atoms with Crippen LogP contribution in [0.25, 0.3) is 0 Å². The average Bonchev–Trinajstić information content (AvgIpc) is 3.34. The Morgan fingerprint density at radius 1 is 0.294 bits per heavy atom. The fourth-order valence-electron chi connectivity index (χ4n) is 8.52. The highest BCUT2D eigenvalue weighted by atomic mass is 16.6. The molecule has 6 nitrogen and oxygen atoms in total. The van der Waals surface area contributed by atoms with Crippen LogP contribution in [0, 0.1) is 0 Å². The van der Waals surface area contributed by atoms with E-state index in [2.05, 4.69) is 69.4 Å². The molecule has 0 aromatic heterocycles. The third kappa shape index (κ3) is 54.3. The Balaban J connectivity index is 4.39. The van der Waals surface area contributed by atoms with Crippen molar-refractivity contribution < 1.29 is 28.6 Å². The summed E-state index contributed by atoms with van der Waals surface area (Å²) in [6, 6.07) is 0. The topological polar surface area (TPSA) is 78.9 Å². The van der Waals surface area contributed by atoms with Crippen molar-refractivity contribution in [3.8, 4) is 0 Å². The van der Waals surface area contributed by atoms with Gasteiger partial charge < -0.3 is 14.2 Å². The molecule has 0 rings (SSSR count). The SMILES string of the molecule is CCCCC/C=C\C/C=C\CCCCCCCCCC(=O)OC[C@@H](COC(=O)CCCCCCC/C=C\CCCCCCCCC)OC(=O)CCCCCCCCC/C=C\CCCCCCCC. The first-order chi connectivity index (χ1) is 33.5. The fourth-order valence-corrected chi connectivity index (χ4v) is 8.52. The maximum Gasteiger partial charge on any atom is 0.306 e. The van der Waals surface area contributed by atoms with Gasteiger partial charge in [0.25, 0.3) is 0 Å². The van der Waals surface area contributed by atoms with Gasteiger partial charge in [-0.3, -0.25) is 14.4 Å². The zero-order valence-electron chi connectivity index (χ0n) is 45.4. The summed E-state index contributed by atoms with van der Waals surface area (Å²) < 4.78 is 16.9. The van der Waals surface area contributed by atoms with Crippen LogP contribution in [0.15, 0.2) is 48.6 Å². The standard InChI is InChI=1S/C62H112O6/c1-4-7-10-13-16-19-22-25-28-31-34-37-40-43-46-49-52-55-61(64)67-58-59(57-66-60(63)54-51-48-45-42-39-36-33-30-27-24-21-18-15-12-9-6-3)68-62(65)56-53-50-47-44-41-38-35-32-29-26-23-20-17-14-11-8-5-2/h16,19,25-26,28-30,33,59H,4-15,17-18,20-24,27,31-32,34-58H2,1-3H3/b19-16-,28-25-,29-26-,33-30-/t59-/m1/s1. The van der Waals surface area contributed by atoms with E-state index in [-0.39, 0.29) is 31.1 Å². The molecular weight excluding hydrogens is 841 g/mol. The van der Waals surface area contributed by atoms with Crippen molar-refractivity contribution in [3.63, 3.8) is 0 Å². The molecule has 1 atom stereocenters. The van der Waals surface area contributed by atoms with Crippen molar-refractivity contribution in [1.29, 1.82) is 0 Å². The highest BCUT2D eigenvalue weighted by Crippen LogP contribution is 2.15. The van der Waals surface area contributed by atoms with Gasteiger partial charge in [-0.15, -0.1) is 0 Å². The normalized spacial score (nSPS) is 12.3. The van der Waals surface area contributed by atoms with E-state index in [9.17, 15) is 14.4 Å². The van der Waals surface area contributed by atoms with E-state index in [4.69, 9.17) is 14.2 Å². The molecule has 0 radical (unpaired) electrons. The van der Waals surface area contributed by atoms with Crippen LogP contribution in [0.5, 0.6) is 0 Å². The van der Waals surface area contributed by atoms with E-state index in [0.29, 0.717) is 19.3 Å². The van der Waals surface area contributed by atoms with Crippen molar-refractivity contribution in [2.24, 2.45) is 0 Å². The second-order valence-corrected chi connectivity index (χ2v) is 19.9. The molecule has 0 aromatic carbocycles. The molecule has 6 heteroatoms. The van der Waals surface area contributed by atoms with E-state index >= 15 is 0 Å². The third-order valence-corrected chi connectivity index (χ3v) is 13.0. The van der Waals surface area contributed by atoms with E-state index in [1.807, 2.05) is 0 Å². The molecular formula is C62H112O6. The Morgan fingerprint density at radius 3 is 0.853 bits per heavy atom. The quantitative estimate of drug-likeness (QED) is 0.0262. The molecule has 0 spiro atoms. The molecule has 0 saturated heterocycles. The van der Waals surface area contributed by atoms with Crippen LogP contribution in [0.4, 0.5) is 0 Å². The summed E-state index contributed by atoms with van der Waals surface area (Å²) >= 11 is 0. The largest absolute Gasteiger partial charge is 0.462 e. The first-order valence-corrected chi connectivity index (χ1v) is 29.6. The van der Waals surface area contributed by atoms with Crippen LogP contribution in [0.1, 0.15) is 310 Å². The van der Waals surface area contributed by atoms with Gasteiger partial charge in [0, 0.05) is 19.3 Å². The zero-order valence-corrected chi connectivity index (χ0v) is 45.4. The average molecular weight is 954 g/mol. The van der Waals surface area contributed by atoms with Gasteiger partial charge in [-0.05, 0) is 103 Å². The van der Waals surface area contributed by atoms with Crippen LogP contribution in [-0.2, 0) is 28.6 Å². The van der Waals surface area contributed by atoms with E-state index < -0.39 is 6.10 Å². The number of rotatable bonds is 54. The van der Waals surface area contributed by atoms with Gasteiger partial charge in [-0.25, -0.2) is 0 Å². The lowest BCUT2D eigenvalue weighted by Gasteiger charge is -2.18. The first-order valence-electron chi connectivity index (χ1n) is 29.6. The van der Waals surface area contributed by atoms with Gasteiger partial charge in [0.2, 0.25) is 0 Å². The van der Waals surface area contributed by atoms with Gasteiger partial charge in [-0.2, -0.15) is 0 Å². The predicted octanol–water partition coefficient (Wildman–Crippen LogP) is 19.8. The Labute approximate surface area is 422 Å². The van der Waals surface area contributed by atoms with Crippen LogP contribution < -0.4 is 0 Å². The molecule has 0 aliphatic heterocycles. The number of unbranched alkanes of at least 4 members (excludes halogenated alkanes) is 35. The number of allylic oxidation sites excluding steroid dienone is 8. The second-order valence-electron chi connectivity index (χ2n) is 19.9. The van der Waals surface area contributed by atoms with Crippen molar-refractivity contribution in [3.05, 3.63) is 48.6 Å². The molecule has 0 aliphatic carbocycles. The molecule has 0 aliphatic rings. The zero-order chi connectivity index (χ0) is 49.3. The number of hydrogen-bond acceptors (Lipinski definition) is 6. The van der Waals surface area contributed by atoms with Crippen LogP contribution >= 0.6 is 0 Å². The van der Waals surface area contributed by atoms with Gasteiger partial charge in [0.05, 0.1) is 0 Å². The lowest BCUT2D eigenvalue weighted by atomic mass is 10.1. The summed E-state index contributed by atoms with van der Waals surface area (Å²) in [4.78, 5) is 38.2. The Kier molecular flexibility index (Phi) is 54.8. The summed E-state index contributed by atoms with van der Waals surface area (Å²) in [5.74, 6) is -0.885. The molecule has 0 amide bonds. The van der Waals surface area contributed by atoms with Crippen LogP contribution in [-0.4, -0.2) is 37.2 Å². The van der Waals surface area contributed by atoms with Gasteiger partial charge >= 0.3 is 17.9 Å². The number of ether oxygens (including phenoxy) is 3. The summed E-state index contributed by atoms with van der Waals surface area (Å²) in [6.07, 6.45) is 69.5. The third-order valence-electron chi connectivity index (χ3n) is 13.0. The molecule has 396 valence electrons. The maximum absolute atomic E-state index is 12.9. The van der Waals surface area contributed by atoms with Crippen LogP contribution in [0.3, 0.4) is 0 Å². The molecule has 0 N–H and O–H groups in total.